The Bertz CT molecular complexity index is 1210. The Hall–Kier alpha value is -2.94. The van der Waals surface area contributed by atoms with Gasteiger partial charge in [0.1, 0.15) is 10.9 Å². The highest BCUT2D eigenvalue weighted by Gasteiger charge is 2.27. The number of piperidine rings is 1. The van der Waals surface area contributed by atoms with Crippen LogP contribution in [0.1, 0.15) is 29.6 Å². The first-order valence-electron chi connectivity index (χ1n) is 10.2. The normalized spacial score (nSPS) is 14.7. The first-order valence-corrected chi connectivity index (χ1v) is 12.1. The van der Waals surface area contributed by atoms with Gasteiger partial charge in [0.05, 0.1) is 10.6 Å². The van der Waals surface area contributed by atoms with E-state index in [0.29, 0.717) is 30.2 Å². The minimum Gasteiger partial charge on any atom is -0.455 e. The van der Waals surface area contributed by atoms with E-state index in [2.05, 4.69) is 10.3 Å². The molecule has 0 spiro atoms. The van der Waals surface area contributed by atoms with Crippen LogP contribution in [0.5, 0.6) is 11.5 Å². The van der Waals surface area contributed by atoms with Gasteiger partial charge in [-0.2, -0.15) is 4.31 Å². The maximum Gasteiger partial charge on any atom is 0.255 e. The lowest BCUT2D eigenvalue weighted by Gasteiger charge is -2.26. The molecule has 1 aliphatic heterocycles. The van der Waals surface area contributed by atoms with Crippen LogP contribution in [0, 0.1) is 0 Å². The lowest BCUT2D eigenvalue weighted by Crippen LogP contribution is -2.35. The van der Waals surface area contributed by atoms with Gasteiger partial charge < -0.3 is 10.1 Å². The zero-order chi connectivity index (χ0) is 22.6. The van der Waals surface area contributed by atoms with Crippen LogP contribution in [0.2, 0.25) is 5.15 Å². The maximum absolute atomic E-state index is 13.2. The molecule has 1 saturated heterocycles. The number of amides is 1. The molecule has 7 nitrogen and oxygen atoms in total. The minimum atomic E-state index is -3.69. The number of ether oxygens (including phenoxy) is 1. The molecule has 1 amide bonds. The van der Waals surface area contributed by atoms with Crippen molar-refractivity contribution in [2.45, 2.75) is 24.2 Å². The lowest BCUT2D eigenvalue weighted by molar-refractivity contribution is 0.102. The number of hydrogen-bond donors (Lipinski definition) is 1. The van der Waals surface area contributed by atoms with Gasteiger partial charge in [-0.15, -0.1) is 0 Å². The second-order valence-electron chi connectivity index (χ2n) is 7.36. The van der Waals surface area contributed by atoms with Crippen LogP contribution in [-0.2, 0) is 10.0 Å². The number of carbonyl (C=O) groups is 1. The maximum atomic E-state index is 13.2. The average Bonchev–Trinajstić information content (AvgIpc) is 2.81. The number of anilines is 1. The average molecular weight is 472 g/mol. The minimum absolute atomic E-state index is 0.0999. The molecule has 2 heterocycles. The summed E-state index contributed by atoms with van der Waals surface area (Å²) in [6.45, 7) is 0.976. The number of benzene rings is 2. The number of aromatic nitrogens is 1. The Balaban J connectivity index is 1.69. The topological polar surface area (TPSA) is 88.6 Å². The van der Waals surface area contributed by atoms with Gasteiger partial charge >= 0.3 is 0 Å². The highest BCUT2D eigenvalue weighted by Crippen LogP contribution is 2.33. The van der Waals surface area contributed by atoms with Crippen molar-refractivity contribution in [2.75, 3.05) is 18.4 Å². The van der Waals surface area contributed by atoms with E-state index in [1.54, 1.807) is 18.2 Å². The van der Waals surface area contributed by atoms with Crippen molar-refractivity contribution in [1.82, 2.24) is 9.29 Å². The number of pyridine rings is 1. The molecule has 3 aromatic rings. The smallest absolute Gasteiger partial charge is 0.255 e. The van der Waals surface area contributed by atoms with Gasteiger partial charge in [0.2, 0.25) is 10.0 Å². The Labute approximate surface area is 192 Å². The van der Waals surface area contributed by atoms with Gasteiger partial charge in [0, 0.05) is 24.8 Å². The molecule has 4 rings (SSSR count). The standard InChI is InChI=1S/C23H22ClN3O4S/c24-22-15-17(11-12-25-22)23(28)26-20-16-19(32(29,30)27-13-5-2-6-14-27)9-10-21(20)31-18-7-3-1-4-8-18/h1,3-4,7-12,15-16H,2,5-6,13-14H2,(H,26,28). The molecule has 0 saturated carbocycles. The van der Waals surface area contributed by atoms with Gasteiger partial charge in [0.25, 0.3) is 5.91 Å². The number of hydrogen-bond acceptors (Lipinski definition) is 5. The summed E-state index contributed by atoms with van der Waals surface area (Å²) >= 11 is 5.90. The molecular weight excluding hydrogens is 450 g/mol. The largest absolute Gasteiger partial charge is 0.455 e. The SMILES string of the molecule is O=C(Nc1cc(S(=O)(=O)N2CCCCC2)ccc1Oc1ccccc1)c1ccnc(Cl)c1. The molecule has 0 bridgehead atoms. The van der Waals surface area contributed by atoms with Crippen LogP contribution in [0.15, 0.2) is 71.8 Å². The number of halogens is 1. The van der Waals surface area contributed by atoms with Crippen molar-refractivity contribution in [1.29, 1.82) is 0 Å². The van der Waals surface area contributed by atoms with Crippen molar-refractivity contribution in [3.8, 4) is 11.5 Å². The van der Waals surface area contributed by atoms with Gasteiger partial charge in [-0.25, -0.2) is 13.4 Å². The fourth-order valence-corrected chi connectivity index (χ4v) is 5.18. The van der Waals surface area contributed by atoms with E-state index in [1.165, 1.54) is 34.8 Å². The van der Waals surface area contributed by atoms with Crippen LogP contribution >= 0.6 is 11.6 Å². The van der Waals surface area contributed by atoms with Crippen LogP contribution in [0.3, 0.4) is 0 Å². The van der Waals surface area contributed by atoms with Gasteiger partial charge in [-0.05, 0) is 55.3 Å². The van der Waals surface area contributed by atoms with Crippen LogP contribution in [-0.4, -0.2) is 36.7 Å². The van der Waals surface area contributed by atoms with E-state index < -0.39 is 15.9 Å². The van der Waals surface area contributed by atoms with Crippen LogP contribution in [0.4, 0.5) is 5.69 Å². The van der Waals surface area contributed by atoms with Crippen molar-refractivity contribution in [3.63, 3.8) is 0 Å². The fourth-order valence-electron chi connectivity index (χ4n) is 3.46. The van der Waals surface area contributed by atoms with Gasteiger partial charge in [0.15, 0.2) is 5.75 Å². The van der Waals surface area contributed by atoms with E-state index in [-0.39, 0.29) is 15.7 Å². The fraction of sp³-hybridized carbons (Fsp3) is 0.217. The quantitative estimate of drug-likeness (QED) is 0.513. The molecule has 2 aromatic carbocycles. The number of rotatable bonds is 6. The van der Waals surface area contributed by atoms with E-state index >= 15 is 0 Å². The molecule has 1 fully saturated rings. The molecule has 0 atom stereocenters. The summed E-state index contributed by atoms with van der Waals surface area (Å²) in [7, 11) is -3.69. The first-order chi connectivity index (χ1) is 15.4. The Kier molecular flexibility index (Phi) is 6.74. The van der Waals surface area contributed by atoms with E-state index in [4.69, 9.17) is 16.3 Å². The van der Waals surface area contributed by atoms with E-state index in [9.17, 15) is 13.2 Å². The van der Waals surface area contributed by atoms with Crippen LogP contribution in [0.25, 0.3) is 0 Å². The number of para-hydroxylation sites is 1. The number of sulfonamides is 1. The summed E-state index contributed by atoms with van der Waals surface area (Å²) in [6, 6.07) is 16.5. The highest BCUT2D eigenvalue weighted by molar-refractivity contribution is 7.89. The summed E-state index contributed by atoms with van der Waals surface area (Å²) in [4.78, 5) is 16.8. The monoisotopic (exact) mass is 471 g/mol. The number of carbonyl (C=O) groups excluding carboxylic acids is 1. The van der Waals surface area contributed by atoms with Gasteiger partial charge in [-0.1, -0.05) is 36.2 Å². The molecule has 1 N–H and O–H groups in total. The van der Waals surface area contributed by atoms with Crippen molar-refractivity contribution < 1.29 is 17.9 Å². The molecule has 9 heteroatoms. The first kappa shape index (κ1) is 22.3. The highest BCUT2D eigenvalue weighted by atomic mass is 35.5. The molecule has 1 aliphatic rings. The summed E-state index contributed by atoms with van der Waals surface area (Å²) < 4.78 is 33.7. The Morgan fingerprint density at radius 2 is 1.75 bits per heavy atom. The zero-order valence-corrected chi connectivity index (χ0v) is 18.8. The molecule has 32 heavy (non-hydrogen) atoms. The third kappa shape index (κ3) is 5.09. The van der Waals surface area contributed by atoms with Crippen molar-refractivity contribution >= 4 is 33.2 Å². The van der Waals surface area contributed by atoms with Crippen molar-refractivity contribution in [3.05, 3.63) is 77.6 Å². The van der Waals surface area contributed by atoms with E-state index in [0.717, 1.165) is 19.3 Å². The van der Waals surface area contributed by atoms with Crippen molar-refractivity contribution in [2.24, 2.45) is 0 Å². The Morgan fingerprint density at radius 1 is 1.00 bits per heavy atom. The molecule has 1 aromatic heterocycles. The lowest BCUT2D eigenvalue weighted by atomic mass is 10.2. The number of nitrogens with one attached hydrogen (secondary N) is 1. The predicted molar refractivity (Wildman–Crippen MR) is 123 cm³/mol. The Morgan fingerprint density at radius 3 is 2.47 bits per heavy atom. The van der Waals surface area contributed by atoms with Gasteiger partial charge in [-0.3, -0.25) is 4.79 Å². The molecule has 0 unspecified atom stereocenters. The molecular formula is C23H22ClN3O4S. The zero-order valence-electron chi connectivity index (χ0n) is 17.2. The number of nitrogens with zero attached hydrogens (tertiary/aromatic N) is 2. The third-order valence-electron chi connectivity index (χ3n) is 5.11. The molecule has 0 radical (unpaired) electrons. The second-order valence-corrected chi connectivity index (χ2v) is 9.68. The summed E-state index contributed by atoms with van der Waals surface area (Å²) in [5.41, 5.74) is 0.532. The summed E-state index contributed by atoms with van der Waals surface area (Å²) in [6.07, 6.45) is 4.11. The summed E-state index contributed by atoms with van der Waals surface area (Å²) in [5.74, 6) is 0.420. The predicted octanol–water partition coefficient (Wildman–Crippen LogP) is 4.95. The third-order valence-corrected chi connectivity index (χ3v) is 7.21. The van der Waals surface area contributed by atoms with Crippen LogP contribution < -0.4 is 10.1 Å². The molecule has 166 valence electrons. The molecule has 0 aliphatic carbocycles. The summed E-state index contributed by atoms with van der Waals surface area (Å²) in [5, 5.41) is 2.94. The second kappa shape index (κ2) is 9.68. The van der Waals surface area contributed by atoms with E-state index in [1.807, 2.05) is 18.2 Å².